The molecule has 0 atom stereocenters. The Morgan fingerprint density at radius 2 is 1.85 bits per heavy atom. The summed E-state index contributed by atoms with van der Waals surface area (Å²) in [6.45, 7) is 2.28. The number of carbonyl (C=O) groups is 2. The van der Waals surface area contributed by atoms with E-state index in [2.05, 4.69) is 16.0 Å². The Hall–Kier alpha value is -3.33. The molecule has 0 aromatic heterocycles. The quantitative estimate of drug-likeness (QED) is 0.422. The molecular formula is C17H16N4O4S. The van der Waals surface area contributed by atoms with Crippen LogP contribution in [-0.2, 0) is 0 Å². The highest BCUT2D eigenvalue weighted by Gasteiger charge is 2.15. The summed E-state index contributed by atoms with van der Waals surface area (Å²) in [5, 5.41) is 18.7. The first-order valence-corrected chi connectivity index (χ1v) is 8.07. The second kappa shape index (κ2) is 8.67. The molecule has 0 bridgehead atoms. The summed E-state index contributed by atoms with van der Waals surface area (Å²) in [6.07, 6.45) is 0. The molecule has 0 saturated carbocycles. The second-order valence-corrected chi connectivity index (χ2v) is 5.53. The van der Waals surface area contributed by atoms with E-state index in [1.807, 2.05) is 0 Å². The lowest BCUT2D eigenvalue weighted by molar-refractivity contribution is -0.384. The Balaban J connectivity index is 2.10. The molecule has 0 saturated heterocycles. The fourth-order valence-corrected chi connectivity index (χ4v) is 2.34. The van der Waals surface area contributed by atoms with Crippen LogP contribution >= 0.6 is 12.2 Å². The lowest BCUT2D eigenvalue weighted by atomic mass is 10.1. The number of nitro groups is 1. The first-order valence-electron chi connectivity index (χ1n) is 7.66. The summed E-state index contributed by atoms with van der Waals surface area (Å²) in [5.41, 5.74) is 0.711. The maximum atomic E-state index is 12.2. The zero-order valence-electron chi connectivity index (χ0n) is 13.8. The van der Waals surface area contributed by atoms with E-state index in [0.29, 0.717) is 17.8 Å². The number of thiocarbonyl (C=S) groups is 1. The lowest BCUT2D eigenvalue weighted by Gasteiger charge is -2.13. The highest BCUT2D eigenvalue weighted by molar-refractivity contribution is 7.80. The van der Waals surface area contributed by atoms with E-state index in [0.717, 1.165) is 6.07 Å². The molecule has 0 radical (unpaired) electrons. The van der Waals surface area contributed by atoms with Crippen LogP contribution in [0.25, 0.3) is 0 Å². The van der Waals surface area contributed by atoms with Crippen molar-refractivity contribution < 1.29 is 14.5 Å². The normalized spacial score (nSPS) is 9.88. The predicted molar refractivity (Wildman–Crippen MR) is 101 cm³/mol. The third-order valence-corrected chi connectivity index (χ3v) is 3.51. The van der Waals surface area contributed by atoms with Crippen molar-refractivity contribution in [2.45, 2.75) is 6.92 Å². The Morgan fingerprint density at radius 1 is 1.12 bits per heavy atom. The predicted octanol–water partition coefficient (Wildman–Crippen LogP) is 2.47. The number of anilines is 1. The van der Waals surface area contributed by atoms with Gasteiger partial charge in [0.15, 0.2) is 5.11 Å². The SMILES string of the molecule is CCNC(=O)c1ccccc1NC(=S)NC(=O)c1cccc([N+](=O)[O-])c1. The number of hydrogen-bond acceptors (Lipinski definition) is 5. The molecule has 0 aliphatic carbocycles. The maximum absolute atomic E-state index is 12.2. The van der Waals surface area contributed by atoms with Crippen molar-refractivity contribution in [3.05, 3.63) is 69.8 Å². The molecule has 0 fully saturated rings. The number of rotatable bonds is 5. The molecule has 134 valence electrons. The first-order chi connectivity index (χ1) is 12.4. The lowest BCUT2D eigenvalue weighted by Crippen LogP contribution is -2.35. The average Bonchev–Trinajstić information content (AvgIpc) is 2.62. The monoisotopic (exact) mass is 372 g/mol. The number of non-ortho nitro benzene ring substituents is 1. The van der Waals surface area contributed by atoms with Crippen molar-refractivity contribution in [1.29, 1.82) is 0 Å². The van der Waals surface area contributed by atoms with Crippen LogP contribution < -0.4 is 16.0 Å². The van der Waals surface area contributed by atoms with Crippen LogP contribution in [0.15, 0.2) is 48.5 Å². The van der Waals surface area contributed by atoms with Gasteiger partial charge in [-0.05, 0) is 37.3 Å². The minimum Gasteiger partial charge on any atom is -0.352 e. The van der Waals surface area contributed by atoms with Gasteiger partial charge in [-0.25, -0.2) is 0 Å². The molecule has 8 nitrogen and oxygen atoms in total. The minimum atomic E-state index is -0.596. The molecule has 2 aromatic carbocycles. The number of para-hydroxylation sites is 1. The second-order valence-electron chi connectivity index (χ2n) is 5.12. The molecule has 0 spiro atoms. The van der Waals surface area contributed by atoms with Gasteiger partial charge in [-0.15, -0.1) is 0 Å². The van der Waals surface area contributed by atoms with Crippen LogP contribution in [-0.4, -0.2) is 28.4 Å². The molecule has 9 heteroatoms. The van der Waals surface area contributed by atoms with Gasteiger partial charge in [0.25, 0.3) is 17.5 Å². The van der Waals surface area contributed by atoms with Crippen molar-refractivity contribution in [2.24, 2.45) is 0 Å². The Kier molecular flexibility index (Phi) is 6.34. The minimum absolute atomic E-state index is 0.0294. The van der Waals surface area contributed by atoms with E-state index < -0.39 is 10.8 Å². The van der Waals surface area contributed by atoms with Gasteiger partial charge in [-0.3, -0.25) is 25.0 Å². The number of nitrogens with one attached hydrogen (secondary N) is 3. The van der Waals surface area contributed by atoms with E-state index >= 15 is 0 Å². The van der Waals surface area contributed by atoms with Gasteiger partial charge < -0.3 is 10.6 Å². The van der Waals surface area contributed by atoms with Crippen LogP contribution in [0.1, 0.15) is 27.6 Å². The summed E-state index contributed by atoms with van der Waals surface area (Å²) in [5.74, 6) is -0.870. The molecular weight excluding hydrogens is 356 g/mol. The van der Waals surface area contributed by atoms with Crippen LogP contribution in [0.3, 0.4) is 0 Å². The number of amides is 2. The maximum Gasteiger partial charge on any atom is 0.270 e. The zero-order chi connectivity index (χ0) is 19.1. The molecule has 26 heavy (non-hydrogen) atoms. The summed E-state index contributed by atoms with van der Waals surface area (Å²) in [7, 11) is 0. The summed E-state index contributed by atoms with van der Waals surface area (Å²) >= 11 is 5.10. The number of benzene rings is 2. The van der Waals surface area contributed by atoms with Gasteiger partial charge in [0, 0.05) is 24.2 Å². The Bertz CT molecular complexity index is 869. The summed E-state index contributed by atoms with van der Waals surface area (Å²) in [4.78, 5) is 34.5. The molecule has 2 rings (SSSR count). The average molecular weight is 372 g/mol. The van der Waals surface area contributed by atoms with E-state index in [-0.39, 0.29) is 22.3 Å². The van der Waals surface area contributed by atoms with Gasteiger partial charge in [0.1, 0.15) is 0 Å². The molecule has 2 amide bonds. The van der Waals surface area contributed by atoms with Crippen LogP contribution in [0.2, 0.25) is 0 Å². The molecule has 0 aliphatic rings. The highest BCUT2D eigenvalue weighted by atomic mass is 32.1. The van der Waals surface area contributed by atoms with Gasteiger partial charge in [-0.2, -0.15) is 0 Å². The van der Waals surface area contributed by atoms with Crippen molar-refractivity contribution in [2.75, 3.05) is 11.9 Å². The third kappa shape index (κ3) is 4.84. The molecule has 3 N–H and O–H groups in total. The van der Waals surface area contributed by atoms with Crippen molar-refractivity contribution >= 4 is 40.5 Å². The first kappa shape index (κ1) is 19.0. The van der Waals surface area contributed by atoms with Crippen molar-refractivity contribution in [1.82, 2.24) is 10.6 Å². The molecule has 2 aromatic rings. The van der Waals surface area contributed by atoms with Crippen LogP contribution in [0.5, 0.6) is 0 Å². The van der Waals surface area contributed by atoms with E-state index in [4.69, 9.17) is 12.2 Å². The summed E-state index contributed by atoms with van der Waals surface area (Å²) in [6, 6.07) is 12.0. The van der Waals surface area contributed by atoms with Crippen molar-refractivity contribution in [3.8, 4) is 0 Å². The highest BCUT2D eigenvalue weighted by Crippen LogP contribution is 2.15. The number of carbonyl (C=O) groups excluding carboxylic acids is 2. The smallest absolute Gasteiger partial charge is 0.270 e. The largest absolute Gasteiger partial charge is 0.352 e. The Morgan fingerprint density at radius 3 is 2.54 bits per heavy atom. The fraction of sp³-hybridized carbons (Fsp3) is 0.118. The molecule has 0 heterocycles. The third-order valence-electron chi connectivity index (χ3n) is 3.30. The molecule has 0 unspecified atom stereocenters. The van der Waals surface area contributed by atoms with Gasteiger partial charge in [-0.1, -0.05) is 18.2 Å². The number of nitrogens with zero attached hydrogens (tertiary/aromatic N) is 1. The molecule has 0 aliphatic heterocycles. The summed E-state index contributed by atoms with van der Waals surface area (Å²) < 4.78 is 0. The van der Waals surface area contributed by atoms with Crippen LogP contribution in [0.4, 0.5) is 11.4 Å². The van der Waals surface area contributed by atoms with Gasteiger partial charge in [0.05, 0.1) is 16.2 Å². The topological polar surface area (TPSA) is 113 Å². The zero-order valence-corrected chi connectivity index (χ0v) is 14.6. The van der Waals surface area contributed by atoms with Crippen LogP contribution in [0, 0.1) is 10.1 Å². The Labute approximate surface area is 154 Å². The van der Waals surface area contributed by atoms with E-state index in [9.17, 15) is 19.7 Å². The van der Waals surface area contributed by atoms with E-state index in [1.165, 1.54) is 18.2 Å². The standard InChI is InChI=1S/C17H16N4O4S/c1-2-18-16(23)13-8-3-4-9-14(13)19-17(26)20-15(22)11-6-5-7-12(10-11)21(24)25/h3-10H,2H2,1H3,(H,18,23)(H2,19,20,22,26). The van der Waals surface area contributed by atoms with Gasteiger partial charge >= 0.3 is 0 Å². The van der Waals surface area contributed by atoms with Gasteiger partial charge in [0.2, 0.25) is 0 Å². The van der Waals surface area contributed by atoms with Crippen molar-refractivity contribution in [3.63, 3.8) is 0 Å². The number of hydrogen-bond donors (Lipinski definition) is 3. The number of nitro benzene ring substituents is 1. The van der Waals surface area contributed by atoms with E-state index in [1.54, 1.807) is 31.2 Å². The fourth-order valence-electron chi connectivity index (χ4n) is 2.14.